The SMILES string of the molecule is CCC(O)CCNC(=O)C(=O)Nc1ccc(Br)cc1C. The van der Waals surface area contributed by atoms with E-state index < -0.39 is 17.9 Å². The summed E-state index contributed by atoms with van der Waals surface area (Å²) in [6, 6.07) is 5.37. The summed E-state index contributed by atoms with van der Waals surface area (Å²) in [5.74, 6) is -1.41. The molecule has 5 nitrogen and oxygen atoms in total. The summed E-state index contributed by atoms with van der Waals surface area (Å²) >= 11 is 3.33. The molecule has 1 aromatic rings. The lowest BCUT2D eigenvalue weighted by Gasteiger charge is -2.10. The molecule has 1 aromatic carbocycles. The Morgan fingerprint density at radius 2 is 2.05 bits per heavy atom. The van der Waals surface area contributed by atoms with Crippen LogP contribution in [0, 0.1) is 6.92 Å². The van der Waals surface area contributed by atoms with Gasteiger partial charge in [0.15, 0.2) is 0 Å². The first kappa shape index (κ1) is 16.7. The molecule has 0 saturated carbocycles. The molecule has 1 rings (SSSR count). The van der Waals surface area contributed by atoms with Crippen molar-refractivity contribution < 1.29 is 14.7 Å². The first-order valence-corrected chi connectivity index (χ1v) is 7.26. The van der Waals surface area contributed by atoms with E-state index in [2.05, 4.69) is 26.6 Å². The minimum absolute atomic E-state index is 0.278. The van der Waals surface area contributed by atoms with Gasteiger partial charge in [0.25, 0.3) is 0 Å². The van der Waals surface area contributed by atoms with Crippen molar-refractivity contribution in [2.45, 2.75) is 32.8 Å². The van der Waals surface area contributed by atoms with Gasteiger partial charge in [0.2, 0.25) is 0 Å². The summed E-state index contributed by atoms with van der Waals surface area (Å²) < 4.78 is 0.908. The minimum atomic E-state index is -0.707. The van der Waals surface area contributed by atoms with Crippen LogP contribution in [0.15, 0.2) is 22.7 Å². The van der Waals surface area contributed by atoms with Crippen LogP contribution in [0.1, 0.15) is 25.3 Å². The summed E-state index contributed by atoms with van der Waals surface area (Å²) in [5, 5.41) is 14.4. The zero-order valence-corrected chi connectivity index (χ0v) is 13.2. The highest BCUT2D eigenvalue weighted by atomic mass is 79.9. The second-order valence-electron chi connectivity index (χ2n) is 4.52. The topological polar surface area (TPSA) is 78.4 Å². The van der Waals surface area contributed by atoms with Crippen molar-refractivity contribution in [2.75, 3.05) is 11.9 Å². The van der Waals surface area contributed by atoms with E-state index in [0.717, 1.165) is 10.0 Å². The largest absolute Gasteiger partial charge is 0.393 e. The van der Waals surface area contributed by atoms with E-state index >= 15 is 0 Å². The fourth-order valence-electron chi connectivity index (χ4n) is 1.58. The van der Waals surface area contributed by atoms with Gasteiger partial charge in [-0.05, 0) is 43.5 Å². The first-order chi connectivity index (χ1) is 9.43. The molecule has 0 aliphatic rings. The van der Waals surface area contributed by atoms with Crippen LogP contribution in [0.25, 0.3) is 0 Å². The smallest absolute Gasteiger partial charge is 0.313 e. The second-order valence-corrected chi connectivity index (χ2v) is 5.44. The molecule has 0 radical (unpaired) electrons. The maximum Gasteiger partial charge on any atom is 0.313 e. The van der Waals surface area contributed by atoms with E-state index in [1.807, 2.05) is 19.9 Å². The van der Waals surface area contributed by atoms with Crippen LogP contribution < -0.4 is 10.6 Å². The van der Waals surface area contributed by atoms with Gasteiger partial charge in [0, 0.05) is 16.7 Å². The monoisotopic (exact) mass is 342 g/mol. The minimum Gasteiger partial charge on any atom is -0.393 e. The van der Waals surface area contributed by atoms with E-state index in [1.165, 1.54) is 0 Å². The summed E-state index contributed by atoms with van der Waals surface area (Å²) in [6.45, 7) is 3.98. The Hall–Kier alpha value is -1.40. The molecular formula is C14H19BrN2O3. The summed E-state index contributed by atoms with van der Waals surface area (Å²) in [6.07, 6.45) is 0.611. The number of aliphatic hydroxyl groups excluding tert-OH is 1. The Morgan fingerprint density at radius 3 is 2.65 bits per heavy atom. The Morgan fingerprint density at radius 1 is 1.35 bits per heavy atom. The van der Waals surface area contributed by atoms with Gasteiger partial charge in [0.05, 0.1) is 6.10 Å². The number of aryl methyl sites for hydroxylation is 1. The number of halogens is 1. The van der Waals surface area contributed by atoms with Crippen LogP contribution in [0.2, 0.25) is 0 Å². The number of benzene rings is 1. The maximum absolute atomic E-state index is 11.7. The van der Waals surface area contributed by atoms with Crippen LogP contribution in [0.3, 0.4) is 0 Å². The number of rotatable bonds is 5. The maximum atomic E-state index is 11.7. The average molecular weight is 343 g/mol. The second kappa shape index (κ2) is 8.01. The fraction of sp³-hybridized carbons (Fsp3) is 0.429. The van der Waals surface area contributed by atoms with Crippen LogP contribution in [0.4, 0.5) is 5.69 Å². The quantitative estimate of drug-likeness (QED) is 0.716. The number of nitrogens with one attached hydrogen (secondary N) is 2. The number of aliphatic hydroxyl groups is 1. The lowest BCUT2D eigenvalue weighted by Crippen LogP contribution is -2.36. The van der Waals surface area contributed by atoms with Crippen molar-refractivity contribution >= 4 is 33.4 Å². The van der Waals surface area contributed by atoms with Crippen molar-refractivity contribution in [3.05, 3.63) is 28.2 Å². The highest BCUT2D eigenvalue weighted by molar-refractivity contribution is 9.10. The van der Waals surface area contributed by atoms with E-state index in [-0.39, 0.29) is 6.54 Å². The lowest BCUT2D eigenvalue weighted by atomic mass is 10.2. The predicted molar refractivity (Wildman–Crippen MR) is 81.4 cm³/mol. The first-order valence-electron chi connectivity index (χ1n) is 6.47. The Balaban J connectivity index is 2.47. The summed E-state index contributed by atoms with van der Waals surface area (Å²) in [7, 11) is 0. The van der Waals surface area contributed by atoms with Gasteiger partial charge in [0.1, 0.15) is 0 Å². The molecule has 0 saturated heterocycles. The van der Waals surface area contributed by atoms with Crippen LogP contribution in [-0.4, -0.2) is 29.6 Å². The molecule has 0 spiro atoms. The molecule has 0 heterocycles. The zero-order valence-electron chi connectivity index (χ0n) is 11.6. The summed E-state index contributed by atoms with van der Waals surface area (Å²) in [4.78, 5) is 23.3. The van der Waals surface area contributed by atoms with Gasteiger partial charge >= 0.3 is 11.8 Å². The van der Waals surface area contributed by atoms with Crippen molar-refractivity contribution in [1.29, 1.82) is 0 Å². The average Bonchev–Trinajstić information content (AvgIpc) is 2.41. The number of carbonyl (C=O) groups is 2. The third-order valence-electron chi connectivity index (χ3n) is 2.88. The number of amides is 2. The molecule has 0 aliphatic heterocycles. The van der Waals surface area contributed by atoms with E-state index in [4.69, 9.17) is 0 Å². The number of hydrogen-bond donors (Lipinski definition) is 3. The molecular weight excluding hydrogens is 324 g/mol. The highest BCUT2D eigenvalue weighted by Crippen LogP contribution is 2.19. The molecule has 3 N–H and O–H groups in total. The molecule has 2 amide bonds. The zero-order chi connectivity index (χ0) is 15.1. The molecule has 0 fully saturated rings. The Bertz CT molecular complexity index is 491. The number of carbonyl (C=O) groups excluding carboxylic acids is 2. The highest BCUT2D eigenvalue weighted by Gasteiger charge is 2.14. The van der Waals surface area contributed by atoms with Gasteiger partial charge in [-0.15, -0.1) is 0 Å². The molecule has 1 atom stereocenters. The Kier molecular flexibility index (Phi) is 6.67. The molecule has 0 aromatic heterocycles. The van der Waals surface area contributed by atoms with Crippen molar-refractivity contribution in [2.24, 2.45) is 0 Å². The van der Waals surface area contributed by atoms with Gasteiger partial charge in [-0.1, -0.05) is 22.9 Å². The third-order valence-corrected chi connectivity index (χ3v) is 3.37. The summed E-state index contributed by atoms with van der Waals surface area (Å²) in [5.41, 5.74) is 1.46. The van der Waals surface area contributed by atoms with Crippen LogP contribution >= 0.6 is 15.9 Å². The molecule has 0 aliphatic carbocycles. The number of hydrogen-bond acceptors (Lipinski definition) is 3. The standard InChI is InChI=1S/C14H19BrN2O3/c1-3-11(18)6-7-16-13(19)14(20)17-12-5-4-10(15)8-9(12)2/h4-5,8,11,18H,3,6-7H2,1-2H3,(H,16,19)(H,17,20). The van der Waals surface area contributed by atoms with E-state index in [0.29, 0.717) is 18.5 Å². The van der Waals surface area contributed by atoms with E-state index in [9.17, 15) is 14.7 Å². The van der Waals surface area contributed by atoms with Crippen LogP contribution in [0.5, 0.6) is 0 Å². The fourth-order valence-corrected chi connectivity index (χ4v) is 2.06. The number of anilines is 1. The molecule has 1 unspecified atom stereocenters. The lowest BCUT2D eigenvalue weighted by molar-refractivity contribution is -0.136. The molecule has 0 bridgehead atoms. The van der Waals surface area contributed by atoms with Gasteiger partial charge in [-0.3, -0.25) is 9.59 Å². The Labute approximate surface area is 126 Å². The molecule has 20 heavy (non-hydrogen) atoms. The van der Waals surface area contributed by atoms with Gasteiger partial charge < -0.3 is 15.7 Å². The van der Waals surface area contributed by atoms with E-state index in [1.54, 1.807) is 12.1 Å². The normalized spacial score (nSPS) is 11.8. The van der Waals surface area contributed by atoms with Crippen molar-refractivity contribution in [1.82, 2.24) is 5.32 Å². The van der Waals surface area contributed by atoms with Crippen LogP contribution in [-0.2, 0) is 9.59 Å². The molecule has 110 valence electrons. The van der Waals surface area contributed by atoms with Gasteiger partial charge in [-0.25, -0.2) is 0 Å². The predicted octanol–water partition coefficient (Wildman–Crippen LogP) is 1.97. The third kappa shape index (κ3) is 5.30. The van der Waals surface area contributed by atoms with Crippen molar-refractivity contribution in [3.8, 4) is 0 Å². The van der Waals surface area contributed by atoms with Gasteiger partial charge in [-0.2, -0.15) is 0 Å². The van der Waals surface area contributed by atoms with Crippen molar-refractivity contribution in [3.63, 3.8) is 0 Å². The molecule has 6 heteroatoms.